The lowest BCUT2D eigenvalue weighted by Gasteiger charge is -2.17. The zero-order chi connectivity index (χ0) is 14.4. The van der Waals surface area contributed by atoms with Crippen molar-refractivity contribution in [2.24, 2.45) is 0 Å². The van der Waals surface area contributed by atoms with Crippen molar-refractivity contribution in [1.29, 1.82) is 0 Å². The van der Waals surface area contributed by atoms with Crippen LogP contribution in [0.15, 0.2) is 55.1 Å². The number of hydrogen-bond acceptors (Lipinski definition) is 2. The summed E-state index contributed by atoms with van der Waals surface area (Å²) < 4.78 is 4.67. The third-order valence-electron chi connectivity index (χ3n) is 3.30. The van der Waals surface area contributed by atoms with E-state index in [9.17, 15) is 4.79 Å². The van der Waals surface area contributed by atoms with Crippen LogP contribution in [0.1, 0.15) is 12.0 Å². The lowest BCUT2D eigenvalue weighted by atomic mass is 9.97. The van der Waals surface area contributed by atoms with Crippen LogP contribution in [-0.2, 0) is 11.2 Å². The number of alkyl carbamates (subject to hydrolysis) is 1. The van der Waals surface area contributed by atoms with Crippen molar-refractivity contribution in [3.05, 3.63) is 60.7 Å². The number of methoxy groups -OCH3 is 1. The maximum Gasteiger partial charge on any atom is 0.407 e. The van der Waals surface area contributed by atoms with Gasteiger partial charge in [0, 0.05) is 6.04 Å². The number of hydrogen-bond donors (Lipinski definition) is 1. The van der Waals surface area contributed by atoms with Gasteiger partial charge in [0.2, 0.25) is 0 Å². The Morgan fingerprint density at radius 3 is 2.80 bits per heavy atom. The Kier molecular flexibility index (Phi) is 4.77. The molecule has 0 aliphatic carbocycles. The van der Waals surface area contributed by atoms with Gasteiger partial charge in [0.15, 0.2) is 0 Å². The van der Waals surface area contributed by atoms with E-state index in [1.165, 1.54) is 23.4 Å². The van der Waals surface area contributed by atoms with Crippen LogP contribution in [0.3, 0.4) is 0 Å². The smallest absolute Gasteiger partial charge is 0.407 e. The van der Waals surface area contributed by atoms with Gasteiger partial charge in [0.25, 0.3) is 0 Å². The number of nitrogens with one attached hydrogen (secondary N) is 1. The molecule has 3 heteroatoms. The molecule has 2 rings (SSSR count). The lowest BCUT2D eigenvalue weighted by Crippen LogP contribution is -2.36. The van der Waals surface area contributed by atoms with Crippen LogP contribution in [0.2, 0.25) is 0 Å². The molecular weight excluding hydrogens is 250 g/mol. The maximum atomic E-state index is 11.4. The summed E-state index contributed by atoms with van der Waals surface area (Å²) >= 11 is 0. The van der Waals surface area contributed by atoms with Gasteiger partial charge in [-0.2, -0.15) is 0 Å². The van der Waals surface area contributed by atoms with Gasteiger partial charge in [0.05, 0.1) is 7.11 Å². The number of fused-ring (bicyclic) bond motifs is 1. The second kappa shape index (κ2) is 6.75. The third kappa shape index (κ3) is 3.38. The molecule has 2 aromatic carbocycles. The minimum absolute atomic E-state index is 0.00856. The van der Waals surface area contributed by atoms with Crippen LogP contribution < -0.4 is 5.32 Å². The van der Waals surface area contributed by atoms with Gasteiger partial charge >= 0.3 is 6.09 Å². The Labute approximate surface area is 119 Å². The van der Waals surface area contributed by atoms with E-state index in [1.54, 1.807) is 0 Å². The fraction of sp³-hybridized carbons (Fsp3) is 0.235. The Morgan fingerprint density at radius 2 is 2.05 bits per heavy atom. The van der Waals surface area contributed by atoms with E-state index < -0.39 is 6.09 Å². The predicted molar refractivity (Wildman–Crippen MR) is 81.8 cm³/mol. The summed E-state index contributed by atoms with van der Waals surface area (Å²) in [6, 6.07) is 14.5. The van der Waals surface area contributed by atoms with Crippen LogP contribution in [0, 0.1) is 0 Å². The highest BCUT2D eigenvalue weighted by molar-refractivity contribution is 5.85. The Balaban J connectivity index is 2.23. The molecule has 104 valence electrons. The number of amides is 1. The van der Waals surface area contributed by atoms with Crippen molar-refractivity contribution in [3.63, 3.8) is 0 Å². The van der Waals surface area contributed by atoms with Crippen LogP contribution in [0.25, 0.3) is 10.8 Å². The molecule has 2 aromatic rings. The zero-order valence-electron chi connectivity index (χ0n) is 11.6. The molecule has 0 aliphatic rings. The molecule has 0 saturated carbocycles. The number of carbonyl (C=O) groups is 1. The van der Waals surface area contributed by atoms with E-state index >= 15 is 0 Å². The van der Waals surface area contributed by atoms with Crippen molar-refractivity contribution in [3.8, 4) is 0 Å². The maximum absolute atomic E-state index is 11.4. The lowest BCUT2D eigenvalue weighted by molar-refractivity contribution is 0.166. The minimum atomic E-state index is -0.405. The van der Waals surface area contributed by atoms with E-state index in [4.69, 9.17) is 0 Å². The quantitative estimate of drug-likeness (QED) is 0.841. The van der Waals surface area contributed by atoms with E-state index in [-0.39, 0.29) is 6.04 Å². The summed E-state index contributed by atoms with van der Waals surface area (Å²) in [5, 5.41) is 5.28. The fourth-order valence-corrected chi connectivity index (χ4v) is 2.36. The second-order valence-corrected chi connectivity index (χ2v) is 4.70. The van der Waals surface area contributed by atoms with E-state index in [0.29, 0.717) is 6.42 Å². The monoisotopic (exact) mass is 269 g/mol. The van der Waals surface area contributed by atoms with Crippen molar-refractivity contribution in [2.75, 3.05) is 7.11 Å². The summed E-state index contributed by atoms with van der Waals surface area (Å²) in [6.07, 6.45) is 2.86. The van der Waals surface area contributed by atoms with Gasteiger partial charge in [-0.25, -0.2) is 4.79 Å². The topological polar surface area (TPSA) is 38.3 Å². The van der Waals surface area contributed by atoms with Crippen molar-refractivity contribution >= 4 is 16.9 Å². The summed E-state index contributed by atoms with van der Waals surface area (Å²) in [5.74, 6) is 0. The molecule has 20 heavy (non-hydrogen) atoms. The average Bonchev–Trinajstić information content (AvgIpc) is 2.47. The molecule has 0 unspecified atom stereocenters. The standard InChI is InChI=1S/C17H19NO2/c1-3-7-15(18-17(19)20-2)12-14-10-6-9-13-8-4-5-11-16(13)14/h3-6,8-11,15H,1,7,12H2,2H3,(H,18,19)/t15-/m0/s1. The first-order valence-corrected chi connectivity index (χ1v) is 6.66. The molecule has 0 aromatic heterocycles. The molecular formula is C17H19NO2. The van der Waals surface area contributed by atoms with Crippen molar-refractivity contribution in [1.82, 2.24) is 5.32 Å². The first-order chi connectivity index (χ1) is 9.74. The number of rotatable bonds is 5. The Bertz CT molecular complexity index is 601. The van der Waals surface area contributed by atoms with E-state index in [1.807, 2.05) is 24.3 Å². The summed E-state index contributed by atoms with van der Waals surface area (Å²) in [5.41, 5.74) is 1.21. The normalized spacial score (nSPS) is 11.8. The molecule has 0 bridgehead atoms. The van der Waals surface area contributed by atoms with Gasteiger partial charge in [-0.3, -0.25) is 0 Å². The molecule has 0 heterocycles. The van der Waals surface area contributed by atoms with Crippen molar-refractivity contribution < 1.29 is 9.53 Å². The van der Waals surface area contributed by atoms with E-state index in [0.717, 1.165) is 6.42 Å². The zero-order valence-corrected chi connectivity index (χ0v) is 11.6. The van der Waals surface area contributed by atoms with Gasteiger partial charge in [-0.05, 0) is 29.2 Å². The van der Waals surface area contributed by atoms with E-state index in [2.05, 4.69) is 40.9 Å². The SMILES string of the molecule is C=CC[C@@H](Cc1cccc2ccccc12)NC(=O)OC. The third-order valence-corrected chi connectivity index (χ3v) is 3.30. The Hall–Kier alpha value is -2.29. The summed E-state index contributed by atoms with van der Waals surface area (Å²) in [7, 11) is 1.37. The molecule has 0 fully saturated rings. The predicted octanol–water partition coefficient (Wildman–Crippen LogP) is 3.68. The van der Waals surface area contributed by atoms with Crippen LogP contribution >= 0.6 is 0 Å². The van der Waals surface area contributed by atoms with Gasteiger partial charge in [-0.15, -0.1) is 6.58 Å². The molecule has 0 spiro atoms. The van der Waals surface area contributed by atoms with Gasteiger partial charge in [0.1, 0.15) is 0 Å². The first-order valence-electron chi connectivity index (χ1n) is 6.66. The van der Waals surface area contributed by atoms with Crippen LogP contribution in [0.5, 0.6) is 0 Å². The van der Waals surface area contributed by atoms with Gasteiger partial charge in [-0.1, -0.05) is 48.5 Å². The number of ether oxygens (including phenoxy) is 1. The number of carbonyl (C=O) groups excluding carboxylic acids is 1. The van der Waals surface area contributed by atoms with Crippen molar-refractivity contribution in [2.45, 2.75) is 18.9 Å². The fourth-order valence-electron chi connectivity index (χ4n) is 2.36. The summed E-state index contributed by atoms with van der Waals surface area (Å²) in [6.45, 7) is 3.75. The highest BCUT2D eigenvalue weighted by atomic mass is 16.5. The molecule has 0 aliphatic heterocycles. The largest absolute Gasteiger partial charge is 0.453 e. The van der Waals surface area contributed by atoms with Crippen LogP contribution in [-0.4, -0.2) is 19.2 Å². The Morgan fingerprint density at radius 1 is 1.30 bits per heavy atom. The summed E-state index contributed by atoms with van der Waals surface area (Å²) in [4.78, 5) is 11.4. The molecule has 1 amide bonds. The molecule has 0 radical (unpaired) electrons. The highest BCUT2D eigenvalue weighted by Crippen LogP contribution is 2.20. The minimum Gasteiger partial charge on any atom is -0.453 e. The first kappa shape index (κ1) is 14.1. The molecule has 0 saturated heterocycles. The molecule has 1 atom stereocenters. The molecule has 1 N–H and O–H groups in total. The highest BCUT2D eigenvalue weighted by Gasteiger charge is 2.13. The number of benzene rings is 2. The van der Waals surface area contributed by atoms with Gasteiger partial charge < -0.3 is 10.1 Å². The second-order valence-electron chi connectivity index (χ2n) is 4.70. The van der Waals surface area contributed by atoms with Crippen LogP contribution in [0.4, 0.5) is 4.79 Å². The average molecular weight is 269 g/mol. The molecule has 3 nitrogen and oxygen atoms in total.